The largest absolute Gasteiger partial charge is 0.480 e. The highest BCUT2D eigenvalue weighted by Gasteiger charge is 2.24. The molecule has 0 aromatic carbocycles. The Balaban J connectivity index is 2.16. The van der Waals surface area contributed by atoms with Crippen LogP contribution in [0.3, 0.4) is 0 Å². The normalized spacial score (nSPS) is 21.1. The first-order valence-corrected chi connectivity index (χ1v) is 6.96. The van der Waals surface area contributed by atoms with Gasteiger partial charge in [-0.3, -0.25) is 4.90 Å². The minimum absolute atomic E-state index is 0.567. The lowest BCUT2D eigenvalue weighted by atomic mass is 10.1. The van der Waals surface area contributed by atoms with Gasteiger partial charge in [-0.2, -0.15) is 4.98 Å². The fourth-order valence-electron chi connectivity index (χ4n) is 2.21. The van der Waals surface area contributed by atoms with Gasteiger partial charge < -0.3 is 9.64 Å². The summed E-state index contributed by atoms with van der Waals surface area (Å²) in [5, 5.41) is 0. The molecular formula is C12H19BrN4O. The van der Waals surface area contributed by atoms with Crippen molar-refractivity contribution in [3.63, 3.8) is 0 Å². The molecule has 0 aliphatic carbocycles. The van der Waals surface area contributed by atoms with Crippen molar-refractivity contribution in [3.05, 3.63) is 10.7 Å². The Morgan fingerprint density at radius 1 is 1.50 bits per heavy atom. The summed E-state index contributed by atoms with van der Waals surface area (Å²) in [5.74, 6) is 1.34. The van der Waals surface area contributed by atoms with E-state index in [0.29, 0.717) is 11.9 Å². The lowest BCUT2D eigenvalue weighted by molar-refractivity contribution is 0.212. The van der Waals surface area contributed by atoms with Crippen LogP contribution in [0.15, 0.2) is 10.7 Å². The summed E-state index contributed by atoms with van der Waals surface area (Å²) in [6.45, 7) is 5.18. The molecule has 100 valence electrons. The smallest absolute Gasteiger partial charge is 0.232 e. The zero-order valence-corrected chi connectivity index (χ0v) is 12.6. The number of nitrogens with zero attached hydrogens (tertiary/aromatic N) is 4. The molecule has 1 atom stereocenters. The molecule has 0 radical (unpaired) electrons. The van der Waals surface area contributed by atoms with Crippen LogP contribution in [-0.2, 0) is 0 Å². The van der Waals surface area contributed by atoms with Crippen molar-refractivity contribution in [1.29, 1.82) is 0 Å². The van der Waals surface area contributed by atoms with Crippen molar-refractivity contribution >= 4 is 21.9 Å². The standard InChI is InChI=1S/C12H19BrN4O/c1-4-9-8-17(6-5-16(9)2)12-14-7-10(13)11(15-12)18-3/h7,9H,4-6,8H2,1-3H3. The molecule has 2 rings (SSSR count). The molecule has 1 aliphatic rings. The van der Waals surface area contributed by atoms with Gasteiger partial charge in [0, 0.05) is 25.7 Å². The third-order valence-corrected chi connectivity index (χ3v) is 3.97. The molecule has 1 fully saturated rings. The molecule has 1 unspecified atom stereocenters. The van der Waals surface area contributed by atoms with Crippen LogP contribution in [0.2, 0.25) is 0 Å². The van der Waals surface area contributed by atoms with Crippen LogP contribution in [-0.4, -0.2) is 54.7 Å². The van der Waals surface area contributed by atoms with Gasteiger partial charge in [0.05, 0.1) is 17.8 Å². The SMILES string of the molecule is CCC1CN(c2ncc(Br)c(OC)n2)CCN1C. The quantitative estimate of drug-likeness (QED) is 0.850. The fraction of sp³-hybridized carbons (Fsp3) is 0.667. The summed E-state index contributed by atoms with van der Waals surface area (Å²) in [7, 11) is 3.80. The van der Waals surface area contributed by atoms with E-state index in [4.69, 9.17) is 4.74 Å². The number of hydrogen-bond donors (Lipinski definition) is 0. The van der Waals surface area contributed by atoms with Crippen LogP contribution in [0.25, 0.3) is 0 Å². The highest BCUT2D eigenvalue weighted by molar-refractivity contribution is 9.10. The fourth-order valence-corrected chi connectivity index (χ4v) is 2.56. The molecule has 1 aliphatic heterocycles. The molecule has 1 aromatic heterocycles. The van der Waals surface area contributed by atoms with Gasteiger partial charge in [0.15, 0.2) is 0 Å². The highest BCUT2D eigenvalue weighted by atomic mass is 79.9. The second-order valence-corrected chi connectivity index (χ2v) is 5.37. The second kappa shape index (κ2) is 5.84. The zero-order chi connectivity index (χ0) is 13.1. The van der Waals surface area contributed by atoms with Crippen molar-refractivity contribution < 1.29 is 4.74 Å². The van der Waals surface area contributed by atoms with Crippen molar-refractivity contribution in [2.45, 2.75) is 19.4 Å². The maximum Gasteiger partial charge on any atom is 0.232 e. The second-order valence-electron chi connectivity index (χ2n) is 4.52. The van der Waals surface area contributed by atoms with Gasteiger partial charge in [0.2, 0.25) is 11.8 Å². The van der Waals surface area contributed by atoms with Crippen molar-refractivity contribution in [2.75, 3.05) is 38.7 Å². The van der Waals surface area contributed by atoms with Gasteiger partial charge in [-0.25, -0.2) is 4.98 Å². The number of ether oxygens (including phenoxy) is 1. The number of piperazine rings is 1. The molecular weight excluding hydrogens is 296 g/mol. The number of halogens is 1. The molecule has 0 amide bonds. The van der Waals surface area contributed by atoms with Crippen molar-refractivity contribution in [1.82, 2.24) is 14.9 Å². The summed E-state index contributed by atoms with van der Waals surface area (Å²) >= 11 is 3.37. The molecule has 1 saturated heterocycles. The van der Waals surface area contributed by atoms with E-state index in [0.717, 1.165) is 36.5 Å². The Morgan fingerprint density at radius 2 is 2.28 bits per heavy atom. The summed E-state index contributed by atoms with van der Waals surface area (Å²) in [5.41, 5.74) is 0. The first-order valence-electron chi connectivity index (χ1n) is 6.17. The Kier molecular flexibility index (Phi) is 4.40. The van der Waals surface area contributed by atoms with Crippen LogP contribution in [0, 0.1) is 0 Å². The number of likely N-dealkylation sites (N-methyl/N-ethyl adjacent to an activating group) is 1. The molecule has 5 nitrogen and oxygen atoms in total. The van der Waals surface area contributed by atoms with E-state index in [2.05, 4.69) is 49.7 Å². The third-order valence-electron chi connectivity index (χ3n) is 3.42. The predicted octanol–water partition coefficient (Wildman–Crippen LogP) is 1.78. The number of aromatic nitrogens is 2. The Labute approximate surface area is 116 Å². The van der Waals surface area contributed by atoms with Gasteiger partial charge in [-0.15, -0.1) is 0 Å². The van der Waals surface area contributed by atoms with Gasteiger partial charge in [-0.1, -0.05) is 6.92 Å². The lowest BCUT2D eigenvalue weighted by Crippen LogP contribution is -2.51. The minimum atomic E-state index is 0.567. The Bertz CT molecular complexity index is 415. The van der Waals surface area contributed by atoms with E-state index in [1.807, 2.05) is 0 Å². The number of hydrogen-bond acceptors (Lipinski definition) is 5. The molecule has 1 aromatic rings. The monoisotopic (exact) mass is 314 g/mol. The average molecular weight is 315 g/mol. The third kappa shape index (κ3) is 2.75. The molecule has 6 heteroatoms. The average Bonchev–Trinajstić information content (AvgIpc) is 2.40. The van der Waals surface area contributed by atoms with E-state index >= 15 is 0 Å². The Hall–Kier alpha value is -0.880. The zero-order valence-electron chi connectivity index (χ0n) is 11.1. The van der Waals surface area contributed by atoms with Gasteiger partial charge in [0.1, 0.15) is 0 Å². The van der Waals surface area contributed by atoms with Crippen LogP contribution < -0.4 is 9.64 Å². The summed E-state index contributed by atoms with van der Waals surface area (Å²) in [4.78, 5) is 13.4. The summed E-state index contributed by atoms with van der Waals surface area (Å²) < 4.78 is 6.00. The number of anilines is 1. The summed E-state index contributed by atoms with van der Waals surface area (Å²) in [6, 6.07) is 0.567. The number of rotatable bonds is 3. The predicted molar refractivity (Wildman–Crippen MR) is 75.2 cm³/mol. The molecule has 2 heterocycles. The van der Waals surface area contributed by atoms with Gasteiger partial charge in [0.25, 0.3) is 0 Å². The van der Waals surface area contributed by atoms with E-state index in [1.54, 1.807) is 13.3 Å². The molecule has 0 spiro atoms. The van der Waals surface area contributed by atoms with E-state index in [-0.39, 0.29) is 0 Å². The van der Waals surface area contributed by atoms with Crippen LogP contribution >= 0.6 is 15.9 Å². The Morgan fingerprint density at radius 3 is 2.94 bits per heavy atom. The lowest BCUT2D eigenvalue weighted by Gasteiger charge is -2.39. The first kappa shape index (κ1) is 13.5. The van der Waals surface area contributed by atoms with Crippen LogP contribution in [0.1, 0.15) is 13.3 Å². The van der Waals surface area contributed by atoms with E-state index < -0.39 is 0 Å². The maximum absolute atomic E-state index is 5.22. The van der Waals surface area contributed by atoms with Crippen molar-refractivity contribution in [3.8, 4) is 5.88 Å². The summed E-state index contributed by atoms with van der Waals surface area (Å²) in [6.07, 6.45) is 2.89. The van der Waals surface area contributed by atoms with Gasteiger partial charge in [-0.05, 0) is 29.4 Å². The number of methoxy groups -OCH3 is 1. The molecule has 0 saturated carbocycles. The first-order chi connectivity index (χ1) is 8.65. The van der Waals surface area contributed by atoms with Crippen molar-refractivity contribution in [2.24, 2.45) is 0 Å². The topological polar surface area (TPSA) is 41.5 Å². The van der Waals surface area contributed by atoms with Gasteiger partial charge >= 0.3 is 0 Å². The van der Waals surface area contributed by atoms with E-state index in [1.165, 1.54) is 0 Å². The maximum atomic E-state index is 5.22. The molecule has 0 bridgehead atoms. The molecule has 18 heavy (non-hydrogen) atoms. The van der Waals surface area contributed by atoms with Crippen LogP contribution in [0.4, 0.5) is 5.95 Å². The minimum Gasteiger partial charge on any atom is -0.480 e. The molecule has 0 N–H and O–H groups in total. The van der Waals surface area contributed by atoms with E-state index in [9.17, 15) is 0 Å². The highest BCUT2D eigenvalue weighted by Crippen LogP contribution is 2.24. The van der Waals surface area contributed by atoms with Crippen LogP contribution in [0.5, 0.6) is 5.88 Å².